The molecular weight excluding hydrogens is 473 g/mol. The number of anilines is 1. The van der Waals surface area contributed by atoms with Crippen LogP contribution in [0.4, 0.5) is 11.4 Å². The molecule has 0 bridgehead atoms. The number of nitrogens with zero attached hydrogens (tertiary/aromatic N) is 2. The van der Waals surface area contributed by atoms with Gasteiger partial charge in [0.25, 0.3) is 5.91 Å². The van der Waals surface area contributed by atoms with Gasteiger partial charge in [-0.3, -0.25) is 9.59 Å². The van der Waals surface area contributed by atoms with Crippen LogP contribution in [-0.2, 0) is 9.59 Å². The summed E-state index contributed by atoms with van der Waals surface area (Å²) in [7, 11) is 2.86. The standard InChI is InChI=1S/C22H25Cl2N3O6/c1-6-32-13-10-15(24)19(17(11-13)33-7-2)25-22(29)18(12(3)28)26-27-20-14(23)8-9-16(30-4)21(20)31-5/h8-11,18H,6-7H2,1-5H3,(H,25,29). The highest BCUT2D eigenvalue weighted by Crippen LogP contribution is 2.43. The zero-order chi connectivity index (χ0) is 24.5. The molecule has 2 aromatic carbocycles. The first-order valence-electron chi connectivity index (χ1n) is 9.99. The van der Waals surface area contributed by atoms with Gasteiger partial charge in [-0.15, -0.1) is 5.11 Å². The number of Topliss-reactive ketones (excluding diaryl/α,β-unsaturated/α-hetero) is 1. The molecular formula is C22H25Cl2N3O6. The molecule has 9 nitrogen and oxygen atoms in total. The zero-order valence-corrected chi connectivity index (χ0v) is 20.4. The number of hydrogen-bond donors (Lipinski definition) is 1. The number of hydrogen-bond acceptors (Lipinski definition) is 8. The van der Waals surface area contributed by atoms with Crippen molar-refractivity contribution in [3.05, 3.63) is 34.3 Å². The highest BCUT2D eigenvalue weighted by Gasteiger charge is 2.26. The SMILES string of the molecule is CCOc1cc(Cl)c(NC(=O)C(N=Nc2c(Cl)ccc(OC)c2OC)C(C)=O)c(OCC)c1. The predicted molar refractivity (Wildman–Crippen MR) is 126 cm³/mol. The summed E-state index contributed by atoms with van der Waals surface area (Å²) in [4.78, 5) is 25.1. The summed E-state index contributed by atoms with van der Waals surface area (Å²) in [5, 5.41) is 10.9. The summed E-state index contributed by atoms with van der Waals surface area (Å²) in [6.07, 6.45) is 0. The van der Waals surface area contributed by atoms with E-state index in [4.69, 9.17) is 42.1 Å². The quantitative estimate of drug-likeness (QED) is 0.324. The maximum atomic E-state index is 12.9. The largest absolute Gasteiger partial charge is 0.494 e. The molecule has 0 saturated carbocycles. The van der Waals surface area contributed by atoms with E-state index < -0.39 is 17.7 Å². The number of carbonyl (C=O) groups is 2. The zero-order valence-electron chi connectivity index (χ0n) is 18.9. The third-order valence-electron chi connectivity index (χ3n) is 4.26. The molecule has 2 aromatic rings. The molecule has 1 N–H and O–H groups in total. The Hall–Kier alpha value is -3.04. The van der Waals surface area contributed by atoms with Gasteiger partial charge in [-0.25, -0.2) is 0 Å². The monoisotopic (exact) mass is 497 g/mol. The van der Waals surface area contributed by atoms with E-state index in [2.05, 4.69) is 15.5 Å². The normalized spacial score (nSPS) is 11.7. The molecule has 33 heavy (non-hydrogen) atoms. The lowest BCUT2D eigenvalue weighted by Gasteiger charge is -2.16. The Morgan fingerprint density at radius 2 is 1.70 bits per heavy atom. The fraction of sp³-hybridized carbons (Fsp3) is 0.364. The number of amides is 1. The van der Waals surface area contributed by atoms with E-state index in [1.54, 1.807) is 19.1 Å². The molecule has 0 aliphatic rings. The van der Waals surface area contributed by atoms with E-state index in [0.29, 0.717) is 30.5 Å². The van der Waals surface area contributed by atoms with E-state index in [1.165, 1.54) is 33.3 Å². The fourth-order valence-corrected chi connectivity index (χ4v) is 3.24. The van der Waals surface area contributed by atoms with Gasteiger partial charge in [-0.05, 0) is 32.9 Å². The third-order valence-corrected chi connectivity index (χ3v) is 4.87. The van der Waals surface area contributed by atoms with Crippen molar-refractivity contribution in [3.8, 4) is 23.0 Å². The lowest BCUT2D eigenvalue weighted by atomic mass is 10.2. The lowest BCUT2D eigenvalue weighted by Crippen LogP contribution is -2.32. The van der Waals surface area contributed by atoms with Gasteiger partial charge in [0.1, 0.15) is 22.9 Å². The van der Waals surface area contributed by atoms with Gasteiger partial charge in [0.15, 0.2) is 17.3 Å². The van der Waals surface area contributed by atoms with Crippen LogP contribution in [-0.4, -0.2) is 45.2 Å². The summed E-state index contributed by atoms with van der Waals surface area (Å²) in [5.74, 6) is 0.0439. The van der Waals surface area contributed by atoms with Crippen LogP contribution in [0.15, 0.2) is 34.5 Å². The number of nitrogens with one attached hydrogen (secondary N) is 1. The van der Waals surface area contributed by atoms with Crippen LogP contribution in [0.3, 0.4) is 0 Å². The van der Waals surface area contributed by atoms with E-state index in [0.717, 1.165) is 0 Å². The first-order chi connectivity index (χ1) is 15.8. The Labute approximate surface area is 202 Å². The van der Waals surface area contributed by atoms with Crippen LogP contribution in [0.25, 0.3) is 0 Å². The van der Waals surface area contributed by atoms with E-state index in [1.807, 2.05) is 6.92 Å². The van der Waals surface area contributed by atoms with Gasteiger partial charge < -0.3 is 24.3 Å². The van der Waals surface area contributed by atoms with Crippen LogP contribution in [0.2, 0.25) is 10.0 Å². The molecule has 0 aliphatic carbocycles. The van der Waals surface area contributed by atoms with Crippen LogP contribution < -0.4 is 24.3 Å². The minimum absolute atomic E-state index is 0.117. The highest BCUT2D eigenvalue weighted by atomic mass is 35.5. The number of halogens is 2. The summed E-state index contributed by atoms with van der Waals surface area (Å²) >= 11 is 12.5. The van der Waals surface area contributed by atoms with Crippen molar-refractivity contribution in [3.63, 3.8) is 0 Å². The maximum absolute atomic E-state index is 12.9. The molecule has 11 heteroatoms. The van der Waals surface area contributed by atoms with Gasteiger partial charge in [0, 0.05) is 12.1 Å². The minimum Gasteiger partial charge on any atom is -0.494 e. The number of carbonyl (C=O) groups excluding carboxylic acids is 2. The molecule has 178 valence electrons. The molecule has 0 heterocycles. The van der Waals surface area contributed by atoms with Gasteiger partial charge in [0.2, 0.25) is 6.04 Å². The van der Waals surface area contributed by atoms with Crippen LogP contribution in [0, 0.1) is 0 Å². The fourth-order valence-electron chi connectivity index (χ4n) is 2.80. The van der Waals surface area contributed by atoms with Gasteiger partial charge in [-0.2, -0.15) is 5.11 Å². The Kier molecular flexibility index (Phi) is 9.74. The third kappa shape index (κ3) is 6.49. The van der Waals surface area contributed by atoms with Crippen molar-refractivity contribution >= 4 is 46.3 Å². The average molecular weight is 498 g/mol. The van der Waals surface area contributed by atoms with Crippen molar-refractivity contribution in [1.82, 2.24) is 0 Å². The molecule has 2 rings (SSSR count). The second kappa shape index (κ2) is 12.3. The Morgan fingerprint density at radius 3 is 2.27 bits per heavy atom. The van der Waals surface area contributed by atoms with E-state index in [-0.39, 0.29) is 27.2 Å². The molecule has 1 amide bonds. The Morgan fingerprint density at radius 1 is 1.00 bits per heavy atom. The van der Waals surface area contributed by atoms with Crippen molar-refractivity contribution in [2.75, 3.05) is 32.8 Å². The summed E-state index contributed by atoms with van der Waals surface area (Å²) in [5.41, 5.74) is 0.303. The summed E-state index contributed by atoms with van der Waals surface area (Å²) in [6, 6.07) is 4.79. The summed E-state index contributed by atoms with van der Waals surface area (Å²) in [6.45, 7) is 5.58. The van der Waals surface area contributed by atoms with Crippen molar-refractivity contribution in [2.24, 2.45) is 10.2 Å². The van der Waals surface area contributed by atoms with Crippen molar-refractivity contribution in [2.45, 2.75) is 26.8 Å². The lowest BCUT2D eigenvalue weighted by molar-refractivity contribution is -0.126. The molecule has 1 unspecified atom stereocenters. The molecule has 0 aromatic heterocycles. The smallest absolute Gasteiger partial charge is 0.258 e. The van der Waals surface area contributed by atoms with Crippen LogP contribution >= 0.6 is 23.2 Å². The van der Waals surface area contributed by atoms with Crippen LogP contribution in [0.1, 0.15) is 20.8 Å². The number of ketones is 1. The number of rotatable bonds is 11. The van der Waals surface area contributed by atoms with Gasteiger partial charge in [-0.1, -0.05) is 23.2 Å². The highest BCUT2D eigenvalue weighted by molar-refractivity contribution is 6.34. The Bertz CT molecular complexity index is 1050. The second-order valence-corrected chi connectivity index (χ2v) is 7.31. The maximum Gasteiger partial charge on any atom is 0.258 e. The Balaban J connectivity index is 2.39. The number of benzene rings is 2. The van der Waals surface area contributed by atoms with Gasteiger partial charge >= 0.3 is 0 Å². The molecule has 0 radical (unpaired) electrons. The average Bonchev–Trinajstić information content (AvgIpc) is 2.77. The first kappa shape index (κ1) is 26.2. The minimum atomic E-state index is -1.48. The molecule has 0 spiro atoms. The number of methoxy groups -OCH3 is 2. The predicted octanol–water partition coefficient (Wildman–Crippen LogP) is 5.49. The molecule has 0 fully saturated rings. The first-order valence-corrected chi connectivity index (χ1v) is 10.7. The topological polar surface area (TPSA) is 108 Å². The molecule has 0 saturated heterocycles. The van der Waals surface area contributed by atoms with Crippen molar-refractivity contribution < 1.29 is 28.5 Å². The van der Waals surface area contributed by atoms with Gasteiger partial charge in [0.05, 0.1) is 37.5 Å². The molecule has 1 atom stereocenters. The van der Waals surface area contributed by atoms with Crippen molar-refractivity contribution in [1.29, 1.82) is 0 Å². The second-order valence-electron chi connectivity index (χ2n) is 6.49. The molecule has 0 aliphatic heterocycles. The van der Waals surface area contributed by atoms with E-state index >= 15 is 0 Å². The van der Waals surface area contributed by atoms with E-state index in [9.17, 15) is 9.59 Å². The summed E-state index contributed by atoms with van der Waals surface area (Å²) < 4.78 is 21.6. The van der Waals surface area contributed by atoms with Crippen LogP contribution in [0.5, 0.6) is 23.0 Å². The number of ether oxygens (including phenoxy) is 4. The number of azo groups is 1.